The molecule has 0 saturated carbocycles. The molecule has 1 aromatic carbocycles. The molecule has 0 spiro atoms. The molecule has 138 valence electrons. The number of anilines is 2. The summed E-state index contributed by atoms with van der Waals surface area (Å²) >= 11 is 1.29. The van der Waals surface area contributed by atoms with Crippen molar-refractivity contribution in [3.05, 3.63) is 53.7 Å². The number of pyridine rings is 1. The molecule has 0 radical (unpaired) electrons. The third-order valence-corrected chi connectivity index (χ3v) is 4.26. The Morgan fingerprint density at radius 2 is 2.11 bits per heavy atom. The molecule has 1 N–H and O–H groups in total. The van der Waals surface area contributed by atoms with Crippen molar-refractivity contribution in [3.63, 3.8) is 0 Å². The number of terminal acetylenes is 1. The van der Waals surface area contributed by atoms with E-state index in [4.69, 9.17) is 11.2 Å². The van der Waals surface area contributed by atoms with Crippen molar-refractivity contribution < 1.29 is 17.9 Å². The second-order valence-corrected chi connectivity index (χ2v) is 6.27. The standard InChI is InChI=1S/C19H14F3N3OS/c1-2-3-9-26-17-7-6-14(10-15(17)19(20,21)22)24-18-25-16(12-27-18)13-5-4-8-23-11-13/h1,4-8,10-12H,3,9H2,(H,24,25). The lowest BCUT2D eigenvalue weighted by Crippen LogP contribution is -2.10. The molecule has 0 bridgehead atoms. The lowest BCUT2D eigenvalue weighted by atomic mass is 10.1. The fourth-order valence-electron chi connectivity index (χ4n) is 2.28. The highest BCUT2D eigenvalue weighted by molar-refractivity contribution is 7.14. The van der Waals surface area contributed by atoms with Crippen LogP contribution in [0.1, 0.15) is 12.0 Å². The third kappa shape index (κ3) is 4.77. The van der Waals surface area contributed by atoms with Gasteiger partial charge in [0.1, 0.15) is 5.75 Å². The van der Waals surface area contributed by atoms with Crippen LogP contribution < -0.4 is 10.1 Å². The summed E-state index contributed by atoms with van der Waals surface area (Å²) in [6.45, 7) is 0.0211. The summed E-state index contributed by atoms with van der Waals surface area (Å²) in [5.41, 5.74) is 0.920. The Labute approximate surface area is 158 Å². The van der Waals surface area contributed by atoms with Crippen molar-refractivity contribution in [1.82, 2.24) is 9.97 Å². The van der Waals surface area contributed by atoms with E-state index in [-0.39, 0.29) is 24.5 Å². The summed E-state index contributed by atoms with van der Waals surface area (Å²) in [7, 11) is 0. The Kier molecular flexibility index (Phi) is 5.62. The van der Waals surface area contributed by atoms with Crippen molar-refractivity contribution in [2.45, 2.75) is 12.6 Å². The van der Waals surface area contributed by atoms with Crippen molar-refractivity contribution in [2.24, 2.45) is 0 Å². The minimum atomic E-state index is -4.55. The molecular formula is C19H14F3N3OS. The Bertz CT molecular complexity index is 949. The number of halogens is 3. The summed E-state index contributed by atoms with van der Waals surface area (Å²) < 4.78 is 45.2. The van der Waals surface area contributed by atoms with Gasteiger partial charge in [0.2, 0.25) is 0 Å². The van der Waals surface area contributed by atoms with Crippen LogP contribution >= 0.6 is 11.3 Å². The normalized spacial score (nSPS) is 11.0. The van der Waals surface area contributed by atoms with E-state index in [0.29, 0.717) is 10.8 Å². The summed E-state index contributed by atoms with van der Waals surface area (Å²) in [6.07, 6.45) is 4.10. The van der Waals surface area contributed by atoms with Gasteiger partial charge < -0.3 is 10.1 Å². The minimum Gasteiger partial charge on any atom is -0.492 e. The highest BCUT2D eigenvalue weighted by atomic mass is 32.1. The number of nitrogens with one attached hydrogen (secondary N) is 1. The molecule has 3 rings (SSSR count). The molecular weight excluding hydrogens is 375 g/mol. The number of benzene rings is 1. The second-order valence-electron chi connectivity index (χ2n) is 5.42. The largest absolute Gasteiger partial charge is 0.492 e. The van der Waals surface area contributed by atoms with Gasteiger partial charge in [-0.3, -0.25) is 4.98 Å². The van der Waals surface area contributed by atoms with Gasteiger partial charge in [0.15, 0.2) is 5.13 Å². The third-order valence-electron chi connectivity index (χ3n) is 3.50. The number of hydrogen-bond acceptors (Lipinski definition) is 5. The highest BCUT2D eigenvalue weighted by Crippen LogP contribution is 2.38. The molecule has 2 heterocycles. The molecule has 0 unspecified atom stereocenters. The van der Waals surface area contributed by atoms with E-state index in [9.17, 15) is 13.2 Å². The highest BCUT2D eigenvalue weighted by Gasteiger charge is 2.34. The minimum absolute atomic E-state index is 0.0211. The van der Waals surface area contributed by atoms with Gasteiger partial charge in [-0.15, -0.1) is 23.7 Å². The van der Waals surface area contributed by atoms with Gasteiger partial charge in [-0.2, -0.15) is 13.2 Å². The lowest BCUT2D eigenvalue weighted by molar-refractivity contribution is -0.138. The SMILES string of the molecule is C#CCCOc1ccc(Nc2nc(-c3cccnc3)cs2)cc1C(F)(F)F. The lowest BCUT2D eigenvalue weighted by Gasteiger charge is -2.15. The van der Waals surface area contributed by atoms with Crippen LogP contribution in [0.5, 0.6) is 5.75 Å². The molecule has 4 nitrogen and oxygen atoms in total. The van der Waals surface area contributed by atoms with Crippen LogP contribution in [0, 0.1) is 12.3 Å². The summed E-state index contributed by atoms with van der Waals surface area (Å²) in [4.78, 5) is 8.41. The first-order valence-corrected chi connectivity index (χ1v) is 8.76. The van der Waals surface area contributed by atoms with Gasteiger partial charge in [-0.1, -0.05) is 0 Å². The first kappa shape index (κ1) is 18.7. The van der Waals surface area contributed by atoms with Crippen molar-refractivity contribution in [2.75, 3.05) is 11.9 Å². The van der Waals surface area contributed by atoms with E-state index in [1.807, 2.05) is 6.07 Å². The summed E-state index contributed by atoms with van der Waals surface area (Å²) in [6, 6.07) is 7.42. The first-order valence-electron chi connectivity index (χ1n) is 7.88. The monoisotopic (exact) mass is 389 g/mol. The van der Waals surface area contributed by atoms with E-state index in [1.54, 1.807) is 23.8 Å². The van der Waals surface area contributed by atoms with Crippen molar-refractivity contribution >= 4 is 22.2 Å². The number of rotatable bonds is 6. The van der Waals surface area contributed by atoms with Crippen LogP contribution in [0.3, 0.4) is 0 Å². The quantitative estimate of drug-likeness (QED) is 0.455. The van der Waals surface area contributed by atoms with Crippen LogP contribution in [-0.2, 0) is 6.18 Å². The number of ether oxygens (including phenoxy) is 1. The molecule has 0 amide bonds. The van der Waals surface area contributed by atoms with E-state index in [2.05, 4.69) is 21.2 Å². The molecule has 8 heteroatoms. The van der Waals surface area contributed by atoms with Gasteiger partial charge in [0, 0.05) is 35.4 Å². The molecule has 0 aliphatic rings. The van der Waals surface area contributed by atoms with Gasteiger partial charge in [0.05, 0.1) is 17.9 Å². The molecule has 27 heavy (non-hydrogen) atoms. The van der Waals surface area contributed by atoms with Gasteiger partial charge >= 0.3 is 6.18 Å². The fourth-order valence-corrected chi connectivity index (χ4v) is 3.02. The van der Waals surface area contributed by atoms with Crippen LogP contribution in [0.25, 0.3) is 11.3 Å². The maximum atomic E-state index is 13.3. The van der Waals surface area contributed by atoms with E-state index in [0.717, 1.165) is 11.6 Å². The van der Waals surface area contributed by atoms with Crippen molar-refractivity contribution in [3.8, 4) is 29.4 Å². The molecule has 0 fully saturated rings. The van der Waals surface area contributed by atoms with Crippen LogP contribution in [0.2, 0.25) is 0 Å². The van der Waals surface area contributed by atoms with Crippen LogP contribution in [0.15, 0.2) is 48.1 Å². The maximum absolute atomic E-state index is 13.3. The van der Waals surface area contributed by atoms with Gasteiger partial charge in [-0.25, -0.2) is 4.98 Å². The first-order chi connectivity index (χ1) is 13.0. The zero-order chi connectivity index (χ0) is 19.3. The predicted molar refractivity (Wildman–Crippen MR) is 99.0 cm³/mol. The Morgan fingerprint density at radius 3 is 2.81 bits per heavy atom. The van der Waals surface area contributed by atoms with Crippen molar-refractivity contribution in [1.29, 1.82) is 0 Å². The zero-order valence-corrected chi connectivity index (χ0v) is 14.8. The van der Waals surface area contributed by atoms with E-state index >= 15 is 0 Å². The van der Waals surface area contributed by atoms with Gasteiger partial charge in [0.25, 0.3) is 0 Å². The van der Waals surface area contributed by atoms with E-state index < -0.39 is 11.7 Å². The molecule has 0 aliphatic heterocycles. The number of thiazole rings is 1. The zero-order valence-electron chi connectivity index (χ0n) is 14.0. The number of hydrogen-bond donors (Lipinski definition) is 1. The van der Waals surface area contributed by atoms with Gasteiger partial charge in [-0.05, 0) is 30.3 Å². The topological polar surface area (TPSA) is 47.0 Å². The predicted octanol–water partition coefficient (Wildman–Crippen LogP) is 5.37. The number of alkyl halides is 3. The Morgan fingerprint density at radius 1 is 1.26 bits per heavy atom. The Hall–Kier alpha value is -3.05. The maximum Gasteiger partial charge on any atom is 0.420 e. The van der Waals surface area contributed by atoms with Crippen LogP contribution in [-0.4, -0.2) is 16.6 Å². The average Bonchev–Trinajstić information content (AvgIpc) is 3.11. The summed E-state index contributed by atoms with van der Waals surface area (Å²) in [5.74, 6) is 2.07. The summed E-state index contributed by atoms with van der Waals surface area (Å²) in [5, 5.41) is 5.18. The Balaban J connectivity index is 1.81. The molecule has 2 aromatic heterocycles. The molecule has 0 saturated heterocycles. The fraction of sp³-hybridized carbons (Fsp3) is 0.158. The average molecular weight is 389 g/mol. The number of aromatic nitrogens is 2. The smallest absolute Gasteiger partial charge is 0.420 e. The molecule has 0 atom stereocenters. The van der Waals surface area contributed by atoms with E-state index in [1.165, 1.54) is 23.5 Å². The van der Waals surface area contributed by atoms with Crippen LogP contribution in [0.4, 0.5) is 24.0 Å². The number of nitrogens with zero attached hydrogens (tertiary/aromatic N) is 2. The molecule has 0 aliphatic carbocycles. The molecule has 3 aromatic rings. The second kappa shape index (κ2) is 8.10.